The minimum atomic E-state index is -4.80. The summed E-state index contributed by atoms with van der Waals surface area (Å²) in [7, 11) is 1.41. The summed E-state index contributed by atoms with van der Waals surface area (Å²) in [5.41, 5.74) is -0.689. The number of nitrogens with one attached hydrogen (secondary N) is 1. The van der Waals surface area contributed by atoms with Gasteiger partial charge in [0.1, 0.15) is 35.1 Å². The third kappa shape index (κ3) is 11.3. The molecule has 2 N–H and O–H groups in total. The molecule has 0 unspecified atom stereocenters. The fraction of sp³-hybridized carbons (Fsp3) is 0.447. The van der Waals surface area contributed by atoms with Gasteiger partial charge in [-0.2, -0.15) is 23.1 Å². The topological polar surface area (TPSA) is 145 Å². The van der Waals surface area contributed by atoms with Crippen LogP contribution in [0.2, 0.25) is 0 Å². The number of unbranched alkanes of at least 4 members (excludes halogenated alkanes) is 3. The standard InChI is InChI=1S/C47H52F5N5O8/c1-46(2,3)65-45(60)57-30-16-17-31(57)24-56(23-30)42-35-22-37(53-44(59)62-25-28-12-8-7-9-13-28)39(40(49)41(35)54-43(55-42)63-26-47(50,51)52)34-21-32(64-27-61-4)20-29-15-18-36(48)33(38(29)34)14-10-5-6-11-19-58/h7-9,12-13,15,18,20-22,30-31,58H,5-6,10-11,14,16-17,19,23-27H2,1-4H3,(H,53,59)/t30-,31+. The SMILES string of the molecule is COCOc1cc(-c2c(NC(=O)OCc3ccccc3)cc3c(N4C[C@H]5CC[C@@H](C4)N5C(=O)OC(C)(C)C)nc(OCC(F)(F)F)nc3c2F)c2c(CCCCCCO)c(F)ccc2c1. The molecule has 2 saturated heterocycles. The number of carbonyl (C=O) groups excluding carboxylic acids is 2. The average molecular weight is 910 g/mol. The summed E-state index contributed by atoms with van der Waals surface area (Å²) in [4.78, 5) is 39.2. The first-order chi connectivity index (χ1) is 31.0. The number of halogens is 5. The Hall–Kier alpha value is -6.01. The number of anilines is 2. The number of ether oxygens (including phenoxy) is 5. The van der Waals surface area contributed by atoms with E-state index in [0.717, 1.165) is 0 Å². The number of alkyl halides is 3. The number of methoxy groups -OCH3 is 1. The highest BCUT2D eigenvalue weighted by Gasteiger charge is 2.45. The number of nitrogens with zero attached hydrogens (tertiary/aromatic N) is 4. The van der Waals surface area contributed by atoms with E-state index < -0.39 is 53.7 Å². The molecule has 0 spiro atoms. The molecular formula is C47H52F5N5O8. The molecule has 0 aliphatic carbocycles. The van der Waals surface area contributed by atoms with Gasteiger partial charge in [0.25, 0.3) is 0 Å². The van der Waals surface area contributed by atoms with Crippen molar-refractivity contribution < 1.29 is 60.3 Å². The first-order valence-corrected chi connectivity index (χ1v) is 21.5. The number of rotatable bonds is 16. The molecule has 2 fully saturated rings. The predicted octanol–water partition coefficient (Wildman–Crippen LogP) is 10.1. The Morgan fingerprint density at radius 3 is 2.31 bits per heavy atom. The number of aliphatic hydroxyl groups is 1. The van der Waals surface area contributed by atoms with Gasteiger partial charge in [-0.3, -0.25) is 10.2 Å². The summed E-state index contributed by atoms with van der Waals surface area (Å²) in [6.45, 7) is 3.46. The summed E-state index contributed by atoms with van der Waals surface area (Å²) >= 11 is 0. The van der Waals surface area contributed by atoms with Crippen LogP contribution in [-0.4, -0.2) is 96.2 Å². The summed E-state index contributed by atoms with van der Waals surface area (Å²) < 4.78 is 102. The Labute approximate surface area is 372 Å². The van der Waals surface area contributed by atoms with Crippen molar-refractivity contribution in [3.8, 4) is 22.9 Å². The molecule has 7 rings (SSSR count). The lowest BCUT2D eigenvalue weighted by molar-refractivity contribution is -0.154. The number of benzene rings is 4. The van der Waals surface area contributed by atoms with Crippen LogP contribution in [0.25, 0.3) is 32.8 Å². The number of aromatic nitrogens is 2. The third-order valence-electron chi connectivity index (χ3n) is 11.2. The van der Waals surface area contributed by atoms with Gasteiger partial charge in [0, 0.05) is 37.8 Å². The number of hydrogen-bond donors (Lipinski definition) is 2. The van der Waals surface area contributed by atoms with Crippen molar-refractivity contribution in [1.29, 1.82) is 0 Å². The molecule has 2 atom stereocenters. The van der Waals surface area contributed by atoms with Crippen LogP contribution in [0.15, 0.2) is 60.7 Å². The lowest BCUT2D eigenvalue weighted by atomic mass is 9.90. The molecule has 0 saturated carbocycles. The molecular weight excluding hydrogens is 858 g/mol. The molecule has 348 valence electrons. The van der Waals surface area contributed by atoms with E-state index in [4.69, 9.17) is 23.7 Å². The highest BCUT2D eigenvalue weighted by Crippen LogP contribution is 2.46. The molecule has 2 aliphatic rings. The fourth-order valence-electron chi connectivity index (χ4n) is 8.47. The maximum atomic E-state index is 18.1. The Balaban J connectivity index is 1.43. The number of aliphatic hydroxyl groups excluding tert-OH is 1. The number of hydrogen-bond acceptors (Lipinski definition) is 11. The molecule has 5 aromatic rings. The summed E-state index contributed by atoms with van der Waals surface area (Å²) in [6, 6.07) is 14.6. The number of piperazine rings is 1. The molecule has 2 amide bonds. The molecule has 13 nitrogen and oxygen atoms in total. The first-order valence-electron chi connectivity index (χ1n) is 21.5. The van der Waals surface area contributed by atoms with Gasteiger partial charge in [0.05, 0.1) is 17.8 Å². The maximum Gasteiger partial charge on any atom is 0.422 e. The van der Waals surface area contributed by atoms with Gasteiger partial charge in [-0.15, -0.1) is 0 Å². The Bertz CT molecular complexity index is 2490. The van der Waals surface area contributed by atoms with Crippen LogP contribution in [0.4, 0.5) is 43.0 Å². The zero-order valence-corrected chi connectivity index (χ0v) is 36.6. The van der Waals surface area contributed by atoms with E-state index in [1.807, 2.05) is 0 Å². The van der Waals surface area contributed by atoms with Crippen LogP contribution in [-0.2, 0) is 27.2 Å². The molecule has 2 bridgehead atoms. The van der Waals surface area contributed by atoms with Gasteiger partial charge in [-0.05, 0) is 105 Å². The van der Waals surface area contributed by atoms with Crippen LogP contribution in [0.3, 0.4) is 0 Å². The van der Waals surface area contributed by atoms with Gasteiger partial charge in [0.15, 0.2) is 19.2 Å². The van der Waals surface area contributed by atoms with E-state index >= 15 is 8.78 Å². The van der Waals surface area contributed by atoms with Crippen molar-refractivity contribution in [3.63, 3.8) is 0 Å². The monoisotopic (exact) mass is 909 g/mol. The van der Waals surface area contributed by atoms with E-state index in [-0.39, 0.29) is 96.3 Å². The van der Waals surface area contributed by atoms with Gasteiger partial charge in [-0.1, -0.05) is 49.2 Å². The minimum absolute atomic E-state index is 0.000432. The normalized spacial score (nSPS) is 16.3. The van der Waals surface area contributed by atoms with Crippen LogP contribution < -0.4 is 19.7 Å². The molecule has 18 heteroatoms. The van der Waals surface area contributed by atoms with E-state index in [1.165, 1.54) is 31.4 Å². The van der Waals surface area contributed by atoms with Crippen molar-refractivity contribution in [2.75, 3.05) is 50.4 Å². The first kappa shape index (κ1) is 47.0. The van der Waals surface area contributed by atoms with Gasteiger partial charge in [0.2, 0.25) is 0 Å². The molecule has 65 heavy (non-hydrogen) atoms. The summed E-state index contributed by atoms with van der Waals surface area (Å²) in [5.74, 6) is -1.48. The van der Waals surface area contributed by atoms with Gasteiger partial charge >= 0.3 is 24.4 Å². The van der Waals surface area contributed by atoms with Crippen molar-refractivity contribution in [1.82, 2.24) is 14.9 Å². The zero-order chi connectivity index (χ0) is 46.5. The van der Waals surface area contributed by atoms with E-state index in [0.29, 0.717) is 49.5 Å². The zero-order valence-electron chi connectivity index (χ0n) is 36.6. The van der Waals surface area contributed by atoms with E-state index in [1.54, 1.807) is 67.0 Å². The Morgan fingerprint density at radius 2 is 1.63 bits per heavy atom. The van der Waals surface area contributed by atoms with Crippen molar-refractivity contribution in [2.24, 2.45) is 0 Å². The fourth-order valence-corrected chi connectivity index (χ4v) is 8.47. The van der Waals surface area contributed by atoms with Crippen molar-refractivity contribution >= 4 is 45.4 Å². The predicted molar refractivity (Wildman–Crippen MR) is 233 cm³/mol. The summed E-state index contributed by atoms with van der Waals surface area (Å²) in [6.07, 6.45) is -2.42. The highest BCUT2D eigenvalue weighted by molar-refractivity contribution is 6.08. The number of fused-ring (bicyclic) bond motifs is 4. The Kier molecular flexibility index (Phi) is 14.5. The van der Waals surface area contributed by atoms with Gasteiger partial charge < -0.3 is 33.7 Å². The van der Waals surface area contributed by atoms with Crippen molar-refractivity contribution in [3.05, 3.63) is 83.4 Å². The second kappa shape index (κ2) is 20.0. The molecule has 4 aromatic carbocycles. The second-order valence-corrected chi connectivity index (χ2v) is 17.1. The third-order valence-corrected chi connectivity index (χ3v) is 11.2. The minimum Gasteiger partial charge on any atom is -0.468 e. The lowest BCUT2D eigenvalue weighted by Crippen LogP contribution is -2.57. The molecule has 2 aliphatic heterocycles. The van der Waals surface area contributed by atoms with Crippen LogP contribution >= 0.6 is 0 Å². The molecule has 0 radical (unpaired) electrons. The number of carbonyl (C=O) groups is 2. The summed E-state index contributed by atoms with van der Waals surface area (Å²) in [5, 5.41) is 12.8. The van der Waals surface area contributed by atoms with Gasteiger partial charge in [-0.25, -0.2) is 18.4 Å². The number of aryl methyl sites for hydroxylation is 1. The molecule has 3 heterocycles. The van der Waals surface area contributed by atoms with Crippen LogP contribution in [0, 0.1) is 11.6 Å². The number of amides is 2. The van der Waals surface area contributed by atoms with Crippen LogP contribution in [0.5, 0.6) is 11.8 Å². The smallest absolute Gasteiger partial charge is 0.422 e. The lowest BCUT2D eigenvalue weighted by Gasteiger charge is -2.42. The largest absolute Gasteiger partial charge is 0.468 e. The Morgan fingerprint density at radius 1 is 0.908 bits per heavy atom. The second-order valence-electron chi connectivity index (χ2n) is 17.1. The van der Waals surface area contributed by atoms with E-state index in [2.05, 4.69) is 15.3 Å². The van der Waals surface area contributed by atoms with E-state index in [9.17, 15) is 27.9 Å². The maximum absolute atomic E-state index is 18.1. The van der Waals surface area contributed by atoms with Crippen LogP contribution in [0.1, 0.15) is 70.4 Å². The quantitative estimate of drug-likeness (QED) is 0.0555. The highest BCUT2D eigenvalue weighted by atomic mass is 19.4. The molecule has 1 aromatic heterocycles. The average Bonchev–Trinajstić information content (AvgIpc) is 3.53. The van der Waals surface area contributed by atoms with Crippen molar-refractivity contribution in [2.45, 2.75) is 96.2 Å².